The zero-order chi connectivity index (χ0) is 10.5. The minimum Gasteiger partial charge on any atom is -0.423 e. The van der Waals surface area contributed by atoms with Crippen LogP contribution in [0.15, 0.2) is 4.42 Å². The maximum absolute atomic E-state index is 5.61. The summed E-state index contributed by atoms with van der Waals surface area (Å²) in [6, 6.07) is 0. The standard InChI is InChI=1S/C10H17N3OS/c1-2-5-11-7-9-12-13-10(14-9)8-4-3-6-15-8/h8,11H,2-7H2,1H3. The fourth-order valence-corrected chi connectivity index (χ4v) is 2.80. The van der Waals surface area contributed by atoms with Crippen LogP contribution in [-0.2, 0) is 6.54 Å². The normalized spacial score (nSPS) is 21.0. The molecule has 1 atom stereocenters. The molecule has 1 saturated heterocycles. The van der Waals surface area contributed by atoms with Crippen molar-refractivity contribution in [2.24, 2.45) is 0 Å². The summed E-state index contributed by atoms with van der Waals surface area (Å²) in [6.07, 6.45) is 3.56. The summed E-state index contributed by atoms with van der Waals surface area (Å²) in [7, 11) is 0. The fraction of sp³-hybridized carbons (Fsp3) is 0.800. The Hall–Kier alpha value is -0.550. The predicted octanol–water partition coefficient (Wildman–Crippen LogP) is 2.14. The molecule has 4 nitrogen and oxygen atoms in total. The summed E-state index contributed by atoms with van der Waals surface area (Å²) >= 11 is 1.92. The first-order chi connectivity index (χ1) is 7.40. The predicted molar refractivity (Wildman–Crippen MR) is 60.7 cm³/mol. The Balaban J connectivity index is 1.86. The molecular formula is C10H17N3OS. The van der Waals surface area contributed by atoms with Gasteiger partial charge in [0, 0.05) is 0 Å². The summed E-state index contributed by atoms with van der Waals surface area (Å²) in [6.45, 7) is 3.83. The van der Waals surface area contributed by atoms with Crippen LogP contribution in [0.5, 0.6) is 0 Å². The van der Waals surface area contributed by atoms with E-state index in [0.29, 0.717) is 17.7 Å². The molecule has 5 heteroatoms. The van der Waals surface area contributed by atoms with E-state index >= 15 is 0 Å². The van der Waals surface area contributed by atoms with Gasteiger partial charge in [-0.2, -0.15) is 0 Å². The Labute approximate surface area is 94.2 Å². The number of aromatic nitrogens is 2. The quantitative estimate of drug-likeness (QED) is 0.781. The van der Waals surface area contributed by atoms with Gasteiger partial charge in [0.05, 0.1) is 11.8 Å². The van der Waals surface area contributed by atoms with Gasteiger partial charge in [0.2, 0.25) is 11.8 Å². The Morgan fingerprint density at radius 1 is 1.53 bits per heavy atom. The highest BCUT2D eigenvalue weighted by Crippen LogP contribution is 2.38. The zero-order valence-electron chi connectivity index (χ0n) is 9.03. The molecule has 1 aromatic rings. The highest BCUT2D eigenvalue weighted by molar-refractivity contribution is 7.99. The molecule has 0 radical (unpaired) electrons. The molecule has 0 amide bonds. The van der Waals surface area contributed by atoms with Crippen LogP contribution >= 0.6 is 11.8 Å². The van der Waals surface area contributed by atoms with Crippen molar-refractivity contribution in [3.63, 3.8) is 0 Å². The van der Waals surface area contributed by atoms with Crippen LogP contribution in [0.25, 0.3) is 0 Å². The van der Waals surface area contributed by atoms with Crippen LogP contribution in [0.4, 0.5) is 0 Å². The van der Waals surface area contributed by atoms with Crippen LogP contribution < -0.4 is 5.32 Å². The van der Waals surface area contributed by atoms with E-state index in [-0.39, 0.29) is 0 Å². The van der Waals surface area contributed by atoms with Gasteiger partial charge in [-0.3, -0.25) is 0 Å². The Morgan fingerprint density at radius 3 is 3.20 bits per heavy atom. The lowest BCUT2D eigenvalue weighted by atomic mass is 10.2. The van der Waals surface area contributed by atoms with E-state index in [9.17, 15) is 0 Å². The molecular weight excluding hydrogens is 210 g/mol. The molecule has 1 fully saturated rings. The first-order valence-electron chi connectivity index (χ1n) is 5.54. The molecule has 0 saturated carbocycles. The first-order valence-corrected chi connectivity index (χ1v) is 6.59. The monoisotopic (exact) mass is 227 g/mol. The van der Waals surface area contributed by atoms with Gasteiger partial charge in [0.25, 0.3) is 0 Å². The third kappa shape index (κ3) is 2.95. The average molecular weight is 227 g/mol. The topological polar surface area (TPSA) is 51.0 Å². The van der Waals surface area contributed by atoms with Gasteiger partial charge in [0.1, 0.15) is 0 Å². The number of hydrogen-bond acceptors (Lipinski definition) is 5. The number of rotatable bonds is 5. The summed E-state index contributed by atoms with van der Waals surface area (Å²) in [5.74, 6) is 2.74. The molecule has 0 spiro atoms. The fourth-order valence-electron chi connectivity index (χ4n) is 1.61. The zero-order valence-corrected chi connectivity index (χ0v) is 9.85. The molecule has 2 heterocycles. The van der Waals surface area contributed by atoms with Gasteiger partial charge in [-0.25, -0.2) is 0 Å². The third-order valence-corrected chi connectivity index (χ3v) is 3.75. The average Bonchev–Trinajstić information content (AvgIpc) is 2.87. The number of hydrogen-bond donors (Lipinski definition) is 1. The first kappa shape index (κ1) is 11.0. The van der Waals surface area contributed by atoms with Gasteiger partial charge >= 0.3 is 0 Å². The number of nitrogens with zero attached hydrogens (tertiary/aromatic N) is 2. The summed E-state index contributed by atoms with van der Waals surface area (Å²) in [4.78, 5) is 0. The van der Waals surface area contributed by atoms with E-state index in [2.05, 4.69) is 22.4 Å². The molecule has 1 aliphatic rings. The molecule has 15 heavy (non-hydrogen) atoms. The van der Waals surface area contributed by atoms with Gasteiger partial charge in [-0.05, 0) is 31.6 Å². The summed E-state index contributed by atoms with van der Waals surface area (Å²) in [5, 5.41) is 11.8. The number of thioether (sulfide) groups is 1. The van der Waals surface area contributed by atoms with Crippen LogP contribution in [-0.4, -0.2) is 22.5 Å². The van der Waals surface area contributed by atoms with Crippen molar-refractivity contribution in [2.45, 2.75) is 38.0 Å². The van der Waals surface area contributed by atoms with Crippen LogP contribution in [0.3, 0.4) is 0 Å². The van der Waals surface area contributed by atoms with Crippen molar-refractivity contribution in [3.8, 4) is 0 Å². The molecule has 2 rings (SSSR count). The highest BCUT2D eigenvalue weighted by atomic mass is 32.2. The smallest absolute Gasteiger partial charge is 0.230 e. The second-order valence-corrected chi connectivity index (χ2v) is 5.02. The molecule has 1 N–H and O–H groups in total. The van der Waals surface area contributed by atoms with E-state index in [1.165, 1.54) is 18.6 Å². The van der Waals surface area contributed by atoms with Gasteiger partial charge in [-0.1, -0.05) is 6.92 Å². The van der Waals surface area contributed by atoms with E-state index in [0.717, 1.165) is 18.9 Å². The van der Waals surface area contributed by atoms with Gasteiger partial charge in [-0.15, -0.1) is 22.0 Å². The second-order valence-electron chi connectivity index (χ2n) is 3.71. The van der Waals surface area contributed by atoms with Gasteiger partial charge < -0.3 is 9.73 Å². The molecule has 0 aromatic carbocycles. The van der Waals surface area contributed by atoms with Crippen LogP contribution in [0, 0.1) is 0 Å². The second kappa shape index (κ2) is 5.51. The lowest BCUT2D eigenvalue weighted by molar-refractivity contribution is 0.428. The highest BCUT2D eigenvalue weighted by Gasteiger charge is 2.23. The molecule has 0 bridgehead atoms. The maximum Gasteiger partial charge on any atom is 0.230 e. The minimum atomic E-state index is 0.442. The summed E-state index contributed by atoms with van der Waals surface area (Å²) < 4.78 is 5.61. The Bertz CT molecular complexity index is 297. The van der Waals surface area contributed by atoms with Gasteiger partial charge in [0.15, 0.2) is 0 Å². The summed E-state index contributed by atoms with van der Waals surface area (Å²) in [5.41, 5.74) is 0. The van der Waals surface area contributed by atoms with E-state index in [4.69, 9.17) is 4.42 Å². The molecule has 1 aromatic heterocycles. The van der Waals surface area contributed by atoms with E-state index in [1.54, 1.807) is 0 Å². The lowest BCUT2D eigenvalue weighted by Crippen LogP contribution is -2.13. The molecule has 1 aliphatic heterocycles. The van der Waals surface area contributed by atoms with Crippen molar-refractivity contribution in [3.05, 3.63) is 11.8 Å². The van der Waals surface area contributed by atoms with Crippen molar-refractivity contribution >= 4 is 11.8 Å². The van der Waals surface area contributed by atoms with Crippen molar-refractivity contribution in [1.29, 1.82) is 0 Å². The Kier molecular flexibility index (Phi) is 4.02. The SMILES string of the molecule is CCCNCc1nnc(C2CCCS2)o1. The Morgan fingerprint density at radius 2 is 2.47 bits per heavy atom. The van der Waals surface area contributed by atoms with Crippen molar-refractivity contribution in [1.82, 2.24) is 15.5 Å². The van der Waals surface area contributed by atoms with Crippen molar-refractivity contribution in [2.75, 3.05) is 12.3 Å². The molecule has 84 valence electrons. The van der Waals surface area contributed by atoms with E-state index < -0.39 is 0 Å². The molecule has 1 unspecified atom stereocenters. The maximum atomic E-state index is 5.61. The van der Waals surface area contributed by atoms with E-state index in [1.807, 2.05) is 11.8 Å². The van der Waals surface area contributed by atoms with Crippen molar-refractivity contribution < 1.29 is 4.42 Å². The largest absolute Gasteiger partial charge is 0.423 e. The van der Waals surface area contributed by atoms with Crippen LogP contribution in [0.1, 0.15) is 43.2 Å². The lowest BCUT2D eigenvalue weighted by Gasteiger charge is -2.00. The van der Waals surface area contributed by atoms with Crippen LogP contribution in [0.2, 0.25) is 0 Å². The number of nitrogens with one attached hydrogen (secondary N) is 1. The minimum absolute atomic E-state index is 0.442. The molecule has 0 aliphatic carbocycles. The third-order valence-electron chi connectivity index (χ3n) is 2.39.